The van der Waals surface area contributed by atoms with Gasteiger partial charge in [0.1, 0.15) is 5.82 Å². The molecule has 0 saturated heterocycles. The van der Waals surface area contributed by atoms with Gasteiger partial charge in [-0.1, -0.05) is 0 Å². The summed E-state index contributed by atoms with van der Waals surface area (Å²) in [4.78, 5) is 0. The molecule has 0 radical (unpaired) electrons. The highest BCUT2D eigenvalue weighted by molar-refractivity contribution is 6.95. The van der Waals surface area contributed by atoms with Crippen molar-refractivity contribution in [1.29, 1.82) is 0 Å². The van der Waals surface area contributed by atoms with Gasteiger partial charge in [0.2, 0.25) is 0 Å². The summed E-state index contributed by atoms with van der Waals surface area (Å²) in [6.07, 6.45) is 0. The number of halogens is 10. The zero-order chi connectivity index (χ0) is 24.9. The molecule has 0 saturated carbocycles. The van der Waals surface area contributed by atoms with Crippen LogP contribution in [0.25, 0.3) is 0 Å². The first-order chi connectivity index (χ1) is 15.4. The Hall–Kier alpha value is -3.18. The van der Waals surface area contributed by atoms with Crippen molar-refractivity contribution in [2.45, 2.75) is 13.8 Å². The molecule has 0 spiro atoms. The minimum absolute atomic E-state index is 0.456. The Labute approximate surface area is 180 Å². The Morgan fingerprint density at radius 3 is 1.21 bits per heavy atom. The lowest BCUT2D eigenvalue weighted by Gasteiger charge is -2.22. The van der Waals surface area contributed by atoms with Crippen molar-refractivity contribution in [3.8, 4) is 5.75 Å². The maximum atomic E-state index is 15.0. The van der Waals surface area contributed by atoms with Gasteiger partial charge in [0, 0.05) is 27.5 Å². The zero-order valence-corrected chi connectivity index (χ0v) is 16.9. The summed E-state index contributed by atoms with van der Waals surface area (Å²) in [6, 6.07) is 1.15. The van der Waals surface area contributed by atoms with E-state index < -0.39 is 98.1 Å². The van der Waals surface area contributed by atoms with Gasteiger partial charge in [-0.15, -0.1) is 0 Å². The Balaban J connectivity index is 2.62. The predicted octanol–water partition coefficient (Wildman–Crippen LogP) is 4.22. The molecule has 0 fully saturated rings. The largest absolute Gasteiger partial charge is 0.494 e. The van der Waals surface area contributed by atoms with Crippen LogP contribution in [0.3, 0.4) is 0 Å². The molecule has 0 atom stereocenters. The van der Waals surface area contributed by atoms with E-state index in [1.54, 1.807) is 0 Å². The third kappa shape index (κ3) is 3.61. The van der Waals surface area contributed by atoms with Gasteiger partial charge in [-0.3, -0.25) is 0 Å². The predicted molar refractivity (Wildman–Crippen MR) is 99.6 cm³/mol. The van der Waals surface area contributed by atoms with Crippen LogP contribution in [0.2, 0.25) is 0 Å². The summed E-state index contributed by atoms with van der Waals surface area (Å²) in [5.74, 6) is -21.6. The van der Waals surface area contributed by atoms with Crippen LogP contribution < -0.4 is 21.1 Å². The number of hydrogen-bond acceptors (Lipinski definition) is 1. The molecule has 0 aromatic heterocycles. The Morgan fingerprint density at radius 2 is 0.879 bits per heavy atom. The van der Waals surface area contributed by atoms with E-state index in [2.05, 4.69) is 4.74 Å². The molecular weight excluding hydrogens is 469 g/mol. The van der Waals surface area contributed by atoms with Crippen molar-refractivity contribution in [2.24, 2.45) is 0 Å². The smallest absolute Gasteiger partial charge is 0.264 e. The summed E-state index contributed by atoms with van der Waals surface area (Å²) in [5, 5.41) is 0. The van der Waals surface area contributed by atoms with Gasteiger partial charge in [0.25, 0.3) is 6.71 Å². The first-order valence-electron chi connectivity index (χ1n) is 9.03. The van der Waals surface area contributed by atoms with Crippen molar-refractivity contribution in [1.82, 2.24) is 0 Å². The first-order valence-corrected chi connectivity index (χ1v) is 9.03. The van der Waals surface area contributed by atoms with Crippen LogP contribution in [-0.4, -0.2) is 13.8 Å². The van der Waals surface area contributed by atoms with Crippen molar-refractivity contribution in [3.05, 3.63) is 81.4 Å². The van der Waals surface area contributed by atoms with Gasteiger partial charge in [-0.25, -0.2) is 43.9 Å². The molecule has 0 aliphatic rings. The first kappa shape index (κ1) is 24.5. The highest BCUT2D eigenvalue weighted by atomic mass is 19.2. The third-order valence-electron chi connectivity index (χ3n) is 5.21. The lowest BCUT2D eigenvalue weighted by Crippen LogP contribution is -2.60. The second-order valence-electron chi connectivity index (χ2n) is 7.00. The molecule has 174 valence electrons. The minimum Gasteiger partial charge on any atom is -0.494 e. The van der Waals surface area contributed by atoms with Crippen LogP contribution in [0.15, 0.2) is 12.1 Å². The molecule has 0 heterocycles. The van der Waals surface area contributed by atoms with Crippen molar-refractivity contribution in [3.63, 3.8) is 0 Å². The van der Waals surface area contributed by atoms with E-state index in [0.717, 1.165) is 7.11 Å². The number of methoxy groups -OCH3 is 1. The molecule has 0 N–H and O–H groups in total. The van der Waals surface area contributed by atoms with E-state index in [4.69, 9.17) is 0 Å². The van der Waals surface area contributed by atoms with Crippen LogP contribution in [0.5, 0.6) is 5.75 Å². The van der Waals surface area contributed by atoms with Gasteiger partial charge in [-0.2, -0.15) is 0 Å². The van der Waals surface area contributed by atoms with Crippen LogP contribution in [0.4, 0.5) is 43.9 Å². The molecule has 3 rings (SSSR count). The van der Waals surface area contributed by atoms with Crippen LogP contribution in [-0.2, 0) is 0 Å². The van der Waals surface area contributed by atoms with Crippen molar-refractivity contribution in [2.75, 3.05) is 7.11 Å². The third-order valence-corrected chi connectivity index (χ3v) is 5.21. The lowest BCUT2D eigenvalue weighted by molar-refractivity contribution is 0.386. The summed E-state index contributed by atoms with van der Waals surface area (Å²) in [5.41, 5.74) is -7.79. The molecule has 0 aliphatic heterocycles. The normalized spacial score (nSPS) is 11.2. The Bertz CT molecular complexity index is 1160. The van der Waals surface area contributed by atoms with Gasteiger partial charge >= 0.3 is 0 Å². The average molecular weight is 480 g/mol. The van der Waals surface area contributed by atoms with Gasteiger partial charge in [-0.05, 0) is 26.0 Å². The van der Waals surface area contributed by atoms with Crippen molar-refractivity contribution >= 4 is 23.1 Å². The summed E-state index contributed by atoms with van der Waals surface area (Å²) in [7, 11) is 0.883. The molecular formula is C21H11BF10O. The molecule has 33 heavy (non-hydrogen) atoms. The van der Waals surface area contributed by atoms with E-state index in [0.29, 0.717) is 26.0 Å². The quantitative estimate of drug-likeness (QED) is 0.309. The Kier molecular flexibility index (Phi) is 6.41. The van der Waals surface area contributed by atoms with Crippen molar-refractivity contribution < 1.29 is 48.6 Å². The number of hydrogen-bond donors (Lipinski definition) is 0. The topological polar surface area (TPSA) is 9.23 Å². The van der Waals surface area contributed by atoms with E-state index in [-0.39, 0.29) is 0 Å². The maximum absolute atomic E-state index is 15.0. The molecule has 0 unspecified atom stereocenters. The SMILES string of the molecule is COc1ccc(F)c(B(c2c(F)c(F)c(C)c(F)c2F)c2c(F)c(F)c(C)c(F)c2F)c1F. The fraction of sp³-hybridized carbons (Fsp3) is 0.143. The molecule has 0 bridgehead atoms. The zero-order valence-electron chi connectivity index (χ0n) is 16.9. The minimum atomic E-state index is -3.05. The maximum Gasteiger partial charge on any atom is 0.264 e. The fourth-order valence-corrected chi connectivity index (χ4v) is 3.43. The second kappa shape index (κ2) is 8.64. The van der Waals surface area contributed by atoms with E-state index >= 15 is 4.39 Å². The monoisotopic (exact) mass is 480 g/mol. The van der Waals surface area contributed by atoms with Crippen LogP contribution in [0.1, 0.15) is 11.1 Å². The summed E-state index contributed by atoms with van der Waals surface area (Å²) in [6.45, 7) is -1.81. The summed E-state index contributed by atoms with van der Waals surface area (Å²) < 4.78 is 151. The molecule has 1 nitrogen and oxygen atoms in total. The van der Waals surface area contributed by atoms with E-state index in [9.17, 15) is 39.5 Å². The highest BCUT2D eigenvalue weighted by Crippen LogP contribution is 2.23. The summed E-state index contributed by atoms with van der Waals surface area (Å²) >= 11 is 0. The molecule has 3 aromatic rings. The Morgan fingerprint density at radius 1 is 0.515 bits per heavy atom. The molecule has 0 amide bonds. The van der Waals surface area contributed by atoms with Gasteiger partial charge in [0.15, 0.2) is 58.1 Å². The van der Waals surface area contributed by atoms with Crippen LogP contribution >= 0.6 is 0 Å². The standard InChI is InChI=1S/C21H11BF10O/c1-6-13(24)18(29)11(19(30)14(6)25)22(10-8(23)4-5-9(33-3)17(10)28)12-20(31)15(26)7(2)16(27)21(12)32/h4-5H,1-3H3. The van der Waals surface area contributed by atoms with Crippen LogP contribution in [0, 0.1) is 72.0 Å². The number of ether oxygens (including phenoxy) is 1. The molecule has 3 aromatic carbocycles. The lowest BCUT2D eigenvalue weighted by atomic mass is 9.35. The molecule has 12 heteroatoms. The number of benzene rings is 3. The highest BCUT2D eigenvalue weighted by Gasteiger charge is 2.42. The fourth-order valence-electron chi connectivity index (χ4n) is 3.43. The van der Waals surface area contributed by atoms with Gasteiger partial charge < -0.3 is 4.74 Å². The van der Waals surface area contributed by atoms with Gasteiger partial charge in [0.05, 0.1) is 7.11 Å². The van der Waals surface area contributed by atoms with E-state index in [1.165, 1.54) is 0 Å². The molecule has 0 aliphatic carbocycles. The second-order valence-corrected chi connectivity index (χ2v) is 7.00. The average Bonchev–Trinajstić information content (AvgIpc) is 2.79. The number of rotatable bonds is 4. The van der Waals surface area contributed by atoms with E-state index in [1.807, 2.05) is 0 Å².